The summed E-state index contributed by atoms with van der Waals surface area (Å²) in [6.45, 7) is 10.3. The largest absolute Gasteiger partial charge is 0.302 e. The van der Waals surface area contributed by atoms with Crippen molar-refractivity contribution in [3.8, 4) is 0 Å². The summed E-state index contributed by atoms with van der Waals surface area (Å²) in [6.07, 6.45) is 3.13. The summed E-state index contributed by atoms with van der Waals surface area (Å²) < 4.78 is 1.28. The minimum Gasteiger partial charge on any atom is -0.302 e. The fourth-order valence-electron chi connectivity index (χ4n) is 3.71. The molecular weight excluding hydrogens is 388 g/mol. The van der Waals surface area contributed by atoms with Gasteiger partial charge in [-0.3, -0.25) is 14.7 Å². The molecule has 1 atom stereocenters. The molecule has 0 radical (unpaired) electrons. The Morgan fingerprint density at radius 3 is 2.76 bits per heavy atom. The number of aromatic nitrogens is 5. The molecule has 29 heavy (non-hydrogen) atoms. The van der Waals surface area contributed by atoms with E-state index >= 15 is 0 Å². The molecule has 0 saturated heterocycles. The van der Waals surface area contributed by atoms with Crippen LogP contribution < -0.4 is 10.9 Å². The molecule has 0 bridgehead atoms. The van der Waals surface area contributed by atoms with Gasteiger partial charge in [-0.05, 0) is 44.4 Å². The third-order valence-electron chi connectivity index (χ3n) is 5.75. The van der Waals surface area contributed by atoms with E-state index in [4.69, 9.17) is 0 Å². The Balaban J connectivity index is 1.47. The number of nitrogens with zero attached hydrogens (tertiary/aromatic N) is 4. The molecule has 0 aliphatic heterocycles. The van der Waals surface area contributed by atoms with Gasteiger partial charge in [-0.25, -0.2) is 9.97 Å². The van der Waals surface area contributed by atoms with Gasteiger partial charge in [0.2, 0.25) is 5.91 Å². The average molecular weight is 415 g/mol. The van der Waals surface area contributed by atoms with E-state index in [0.29, 0.717) is 28.1 Å². The van der Waals surface area contributed by atoms with Crippen molar-refractivity contribution in [3.05, 3.63) is 38.0 Å². The molecule has 0 aromatic carbocycles. The zero-order chi connectivity index (χ0) is 20.9. The number of fused-ring (bicyclic) bond motifs is 2. The number of rotatable bonds is 3. The predicted molar refractivity (Wildman–Crippen MR) is 112 cm³/mol. The highest BCUT2D eigenvalue weighted by molar-refractivity contribution is 7.15. The van der Waals surface area contributed by atoms with E-state index in [0.717, 1.165) is 25.0 Å². The Labute approximate surface area is 172 Å². The Morgan fingerprint density at radius 2 is 2.03 bits per heavy atom. The van der Waals surface area contributed by atoms with Crippen LogP contribution in [0.2, 0.25) is 0 Å². The third kappa shape index (κ3) is 3.83. The highest BCUT2D eigenvalue weighted by Gasteiger charge is 2.30. The van der Waals surface area contributed by atoms with Gasteiger partial charge >= 0.3 is 0 Å². The maximum absolute atomic E-state index is 12.5. The van der Waals surface area contributed by atoms with Crippen molar-refractivity contribution in [1.82, 2.24) is 24.6 Å². The van der Waals surface area contributed by atoms with Gasteiger partial charge in [-0.2, -0.15) is 9.50 Å². The van der Waals surface area contributed by atoms with Crippen molar-refractivity contribution in [3.63, 3.8) is 0 Å². The van der Waals surface area contributed by atoms with Crippen LogP contribution in [0.1, 0.15) is 54.8 Å². The molecule has 4 rings (SSSR count). The van der Waals surface area contributed by atoms with E-state index in [1.807, 2.05) is 0 Å². The number of hydrogen-bond acceptors (Lipinski definition) is 6. The molecule has 1 amide bonds. The fraction of sp³-hybridized carbons (Fsp3) is 0.550. The van der Waals surface area contributed by atoms with Gasteiger partial charge in [-0.15, -0.1) is 11.3 Å². The number of anilines is 1. The summed E-state index contributed by atoms with van der Waals surface area (Å²) in [7, 11) is 0. The minimum atomic E-state index is -0.219. The Hall–Kier alpha value is -2.55. The van der Waals surface area contributed by atoms with Gasteiger partial charge < -0.3 is 5.32 Å². The third-order valence-corrected chi connectivity index (χ3v) is 6.78. The van der Waals surface area contributed by atoms with E-state index in [9.17, 15) is 9.59 Å². The standard InChI is InChI=1S/C20H26N6O2S/c1-10-11(2)21-18-23-15(25-26(18)17(10)28)9-16(27)24-19-22-13-7-6-12(20(3,4)5)8-14(13)29-19/h12H,6-9H2,1-5H3,(H,21,23,25)(H,22,24,27)/t12-/m0/s1. The molecule has 8 nitrogen and oxygen atoms in total. The summed E-state index contributed by atoms with van der Waals surface area (Å²) in [5, 5.41) is 6.39. The van der Waals surface area contributed by atoms with Crippen molar-refractivity contribution in [2.75, 3.05) is 5.32 Å². The molecule has 0 spiro atoms. The van der Waals surface area contributed by atoms with Crippen LogP contribution in [0.4, 0.5) is 5.13 Å². The predicted octanol–water partition coefficient (Wildman–Crippen LogP) is 2.82. The molecule has 3 aromatic heterocycles. The van der Waals surface area contributed by atoms with Crippen LogP contribution in [0.3, 0.4) is 0 Å². The van der Waals surface area contributed by atoms with Gasteiger partial charge in [0.05, 0.1) is 12.1 Å². The quantitative estimate of drug-likeness (QED) is 0.686. The second-order valence-electron chi connectivity index (χ2n) is 8.85. The number of hydrogen-bond donors (Lipinski definition) is 2. The van der Waals surface area contributed by atoms with Crippen molar-refractivity contribution < 1.29 is 4.79 Å². The Morgan fingerprint density at radius 1 is 1.28 bits per heavy atom. The molecule has 1 aliphatic carbocycles. The molecule has 1 aliphatic rings. The number of carbonyl (C=O) groups excluding carboxylic acids is 1. The van der Waals surface area contributed by atoms with Gasteiger partial charge in [0.15, 0.2) is 5.13 Å². The SMILES string of the molecule is Cc1nc2nc(CC(=O)Nc3nc4c(s3)C[C@@H](C(C)(C)C)CC4)[nH]n2c(=O)c1C. The summed E-state index contributed by atoms with van der Waals surface area (Å²) >= 11 is 1.56. The first-order valence-electron chi connectivity index (χ1n) is 9.85. The van der Waals surface area contributed by atoms with Crippen molar-refractivity contribution >= 4 is 28.2 Å². The summed E-state index contributed by atoms with van der Waals surface area (Å²) in [5.74, 6) is 1.08. The van der Waals surface area contributed by atoms with Gasteiger partial charge in [-0.1, -0.05) is 20.8 Å². The topological polar surface area (TPSA) is 105 Å². The minimum absolute atomic E-state index is 0.0236. The molecule has 3 aromatic rings. The lowest BCUT2D eigenvalue weighted by Gasteiger charge is -2.33. The molecule has 0 saturated carbocycles. The average Bonchev–Trinajstić information content (AvgIpc) is 3.21. The molecule has 9 heteroatoms. The Bertz CT molecular complexity index is 1150. The van der Waals surface area contributed by atoms with Crippen LogP contribution in [0.5, 0.6) is 0 Å². The van der Waals surface area contributed by atoms with Crippen LogP contribution in [0.15, 0.2) is 4.79 Å². The van der Waals surface area contributed by atoms with Crippen LogP contribution in [-0.4, -0.2) is 30.5 Å². The van der Waals surface area contributed by atoms with Crippen molar-refractivity contribution in [2.45, 2.75) is 60.3 Å². The van der Waals surface area contributed by atoms with Crippen LogP contribution >= 0.6 is 11.3 Å². The van der Waals surface area contributed by atoms with Gasteiger partial charge in [0.25, 0.3) is 11.3 Å². The van der Waals surface area contributed by atoms with Crippen LogP contribution in [0.25, 0.3) is 5.78 Å². The number of H-pyrrole nitrogens is 1. The summed E-state index contributed by atoms with van der Waals surface area (Å²) in [6, 6.07) is 0. The summed E-state index contributed by atoms with van der Waals surface area (Å²) in [5.41, 5.74) is 2.38. The van der Waals surface area contributed by atoms with E-state index in [2.05, 4.69) is 46.1 Å². The maximum Gasteiger partial charge on any atom is 0.277 e. The Kier molecular flexibility index (Phi) is 4.80. The van der Waals surface area contributed by atoms with E-state index in [1.54, 1.807) is 25.2 Å². The van der Waals surface area contributed by atoms with Gasteiger partial charge in [0, 0.05) is 16.1 Å². The first kappa shape index (κ1) is 19.8. The molecule has 154 valence electrons. The number of thiazole rings is 1. The van der Waals surface area contributed by atoms with Crippen LogP contribution in [-0.2, 0) is 24.1 Å². The molecule has 0 fully saturated rings. The second-order valence-corrected chi connectivity index (χ2v) is 9.94. The monoisotopic (exact) mass is 414 g/mol. The van der Waals surface area contributed by atoms with Crippen LogP contribution in [0, 0.1) is 25.2 Å². The molecule has 3 heterocycles. The lowest BCUT2D eigenvalue weighted by Crippen LogP contribution is -2.26. The highest BCUT2D eigenvalue weighted by Crippen LogP contribution is 2.40. The van der Waals surface area contributed by atoms with Crippen molar-refractivity contribution in [2.24, 2.45) is 11.3 Å². The van der Waals surface area contributed by atoms with Gasteiger partial charge in [0.1, 0.15) is 5.82 Å². The maximum atomic E-state index is 12.5. The number of amides is 1. The lowest BCUT2D eigenvalue weighted by molar-refractivity contribution is -0.115. The number of nitrogens with one attached hydrogen (secondary N) is 2. The fourth-order valence-corrected chi connectivity index (χ4v) is 4.81. The smallest absolute Gasteiger partial charge is 0.277 e. The normalized spacial score (nSPS) is 16.8. The number of carbonyl (C=O) groups is 1. The van der Waals surface area contributed by atoms with E-state index in [1.165, 1.54) is 9.39 Å². The van der Waals surface area contributed by atoms with E-state index < -0.39 is 0 Å². The zero-order valence-corrected chi connectivity index (χ0v) is 18.2. The first-order valence-corrected chi connectivity index (χ1v) is 10.7. The number of aromatic amines is 1. The highest BCUT2D eigenvalue weighted by atomic mass is 32.1. The molecule has 2 N–H and O–H groups in total. The van der Waals surface area contributed by atoms with E-state index in [-0.39, 0.29) is 29.1 Å². The lowest BCUT2D eigenvalue weighted by atomic mass is 9.73. The second kappa shape index (κ2) is 7.05. The molecular formula is C20H26N6O2S. The first-order chi connectivity index (χ1) is 13.6. The zero-order valence-electron chi connectivity index (χ0n) is 17.4. The number of aryl methyl sites for hydroxylation is 2. The van der Waals surface area contributed by atoms with Crippen molar-refractivity contribution in [1.29, 1.82) is 0 Å². The molecule has 0 unspecified atom stereocenters. The summed E-state index contributed by atoms with van der Waals surface area (Å²) in [4.78, 5) is 39.3.